The first-order valence-electron chi connectivity index (χ1n) is 10.8. The molecule has 1 aliphatic rings. The maximum atomic E-state index is 11.1. The van der Waals surface area contributed by atoms with Gasteiger partial charge >= 0.3 is 0 Å². The van der Waals surface area contributed by atoms with Crippen LogP contribution in [0.3, 0.4) is 0 Å². The lowest BCUT2D eigenvalue weighted by Crippen LogP contribution is -2.44. The zero-order chi connectivity index (χ0) is 22.1. The van der Waals surface area contributed by atoms with E-state index in [0.29, 0.717) is 0 Å². The minimum Gasteiger partial charge on any atom is -0.304 e. The van der Waals surface area contributed by atoms with Crippen LogP contribution in [-0.4, -0.2) is 57.3 Å². The van der Waals surface area contributed by atoms with Crippen molar-refractivity contribution in [3.05, 3.63) is 88.7 Å². The van der Waals surface area contributed by atoms with Crippen LogP contribution in [0.25, 0.3) is 28.0 Å². The molecule has 162 valence electrons. The van der Waals surface area contributed by atoms with Gasteiger partial charge in [-0.15, -0.1) is 0 Å². The van der Waals surface area contributed by atoms with Gasteiger partial charge in [-0.05, 0) is 42.4 Å². The van der Waals surface area contributed by atoms with Crippen molar-refractivity contribution in [3.63, 3.8) is 0 Å². The lowest BCUT2D eigenvalue weighted by atomic mass is 10.1. The SMILES string of the molecule is CN1CCN(Cc2c(-c3ccc([N+](=O)[O-])cc3)nc3ccc(-c4ccccc4)cn23)CC1. The fourth-order valence-corrected chi connectivity index (χ4v) is 4.24. The van der Waals surface area contributed by atoms with Crippen LogP contribution in [0.5, 0.6) is 0 Å². The van der Waals surface area contributed by atoms with Gasteiger partial charge in [0.2, 0.25) is 0 Å². The molecule has 5 rings (SSSR count). The van der Waals surface area contributed by atoms with Crippen LogP contribution in [-0.2, 0) is 6.54 Å². The first-order valence-corrected chi connectivity index (χ1v) is 10.8. The first kappa shape index (κ1) is 20.4. The minimum absolute atomic E-state index is 0.0875. The molecule has 1 fully saturated rings. The average Bonchev–Trinajstić information content (AvgIpc) is 3.18. The van der Waals surface area contributed by atoms with Crippen LogP contribution in [0.1, 0.15) is 5.69 Å². The number of pyridine rings is 1. The number of aromatic nitrogens is 2. The molecule has 32 heavy (non-hydrogen) atoms. The molecule has 2 aromatic heterocycles. The summed E-state index contributed by atoms with van der Waals surface area (Å²) in [5, 5.41) is 11.1. The van der Waals surface area contributed by atoms with E-state index < -0.39 is 0 Å². The Hall–Kier alpha value is -3.55. The molecule has 1 saturated heterocycles. The van der Waals surface area contributed by atoms with Gasteiger partial charge in [0, 0.05) is 56.6 Å². The van der Waals surface area contributed by atoms with Crippen molar-refractivity contribution < 1.29 is 4.92 Å². The number of non-ortho nitro benzene ring substituents is 1. The number of fused-ring (bicyclic) bond motifs is 1. The van der Waals surface area contributed by atoms with Crippen molar-refractivity contribution in [2.24, 2.45) is 0 Å². The second kappa shape index (κ2) is 8.53. The van der Waals surface area contributed by atoms with Gasteiger partial charge < -0.3 is 9.30 Å². The Labute approximate surface area is 186 Å². The number of hydrogen-bond donors (Lipinski definition) is 0. The van der Waals surface area contributed by atoms with Gasteiger partial charge in [0.1, 0.15) is 5.65 Å². The summed E-state index contributed by atoms with van der Waals surface area (Å²) in [5.74, 6) is 0. The molecule has 0 radical (unpaired) electrons. The Morgan fingerprint density at radius 3 is 2.25 bits per heavy atom. The number of nitrogens with zero attached hydrogens (tertiary/aromatic N) is 5. The summed E-state index contributed by atoms with van der Waals surface area (Å²) in [4.78, 5) is 20.4. The molecule has 0 unspecified atom stereocenters. The minimum atomic E-state index is -0.370. The normalized spacial score (nSPS) is 15.3. The standard InChI is InChI=1S/C25H25N5O2/c1-27-13-15-28(16-14-27)18-23-25(20-7-10-22(11-8-20)30(31)32)26-24-12-9-21(17-29(23)24)19-5-3-2-4-6-19/h2-12,17H,13-16,18H2,1H3. The summed E-state index contributed by atoms with van der Waals surface area (Å²) in [7, 11) is 2.15. The van der Waals surface area contributed by atoms with E-state index in [1.54, 1.807) is 24.3 Å². The Kier molecular flexibility index (Phi) is 5.43. The van der Waals surface area contributed by atoms with E-state index >= 15 is 0 Å². The fourth-order valence-electron chi connectivity index (χ4n) is 4.24. The predicted octanol–water partition coefficient (Wildman–Crippen LogP) is 4.32. The van der Waals surface area contributed by atoms with Gasteiger partial charge in [-0.3, -0.25) is 15.0 Å². The molecule has 0 saturated carbocycles. The third-order valence-corrected chi connectivity index (χ3v) is 6.15. The summed E-state index contributed by atoms with van der Waals surface area (Å²) < 4.78 is 2.18. The molecule has 2 aromatic carbocycles. The number of rotatable bonds is 5. The summed E-state index contributed by atoms with van der Waals surface area (Å²) >= 11 is 0. The monoisotopic (exact) mass is 427 g/mol. The number of hydrogen-bond acceptors (Lipinski definition) is 5. The topological polar surface area (TPSA) is 66.9 Å². The van der Waals surface area contributed by atoms with Crippen LogP contribution in [0.15, 0.2) is 72.9 Å². The van der Waals surface area contributed by atoms with E-state index in [9.17, 15) is 10.1 Å². The molecule has 7 heteroatoms. The van der Waals surface area contributed by atoms with Crippen LogP contribution in [0, 0.1) is 10.1 Å². The zero-order valence-corrected chi connectivity index (χ0v) is 18.0. The molecule has 4 aromatic rings. The molecule has 0 atom stereocenters. The second-order valence-corrected chi connectivity index (χ2v) is 8.30. The van der Waals surface area contributed by atoms with Crippen LogP contribution in [0.2, 0.25) is 0 Å². The molecule has 0 spiro atoms. The van der Waals surface area contributed by atoms with E-state index in [0.717, 1.165) is 66.4 Å². The van der Waals surface area contributed by atoms with E-state index in [4.69, 9.17) is 4.98 Å². The third-order valence-electron chi connectivity index (χ3n) is 6.15. The van der Waals surface area contributed by atoms with Gasteiger partial charge in [-0.25, -0.2) is 4.98 Å². The summed E-state index contributed by atoms with van der Waals surface area (Å²) in [6, 6.07) is 21.2. The van der Waals surface area contributed by atoms with Crippen molar-refractivity contribution in [1.29, 1.82) is 0 Å². The van der Waals surface area contributed by atoms with E-state index in [2.05, 4.69) is 45.6 Å². The third kappa shape index (κ3) is 4.00. The maximum Gasteiger partial charge on any atom is 0.269 e. The second-order valence-electron chi connectivity index (χ2n) is 8.30. The summed E-state index contributed by atoms with van der Waals surface area (Å²) in [6.45, 7) is 4.86. The van der Waals surface area contributed by atoms with Crippen LogP contribution < -0.4 is 0 Å². The number of nitro groups is 1. The van der Waals surface area contributed by atoms with Crippen molar-refractivity contribution in [1.82, 2.24) is 19.2 Å². The van der Waals surface area contributed by atoms with Crippen LogP contribution >= 0.6 is 0 Å². The molecule has 0 bridgehead atoms. The van der Waals surface area contributed by atoms with Gasteiger partial charge in [0.25, 0.3) is 5.69 Å². The molecular formula is C25H25N5O2. The van der Waals surface area contributed by atoms with Gasteiger partial charge in [-0.2, -0.15) is 0 Å². The number of imidazole rings is 1. The van der Waals surface area contributed by atoms with Gasteiger partial charge in [-0.1, -0.05) is 30.3 Å². The Morgan fingerprint density at radius 2 is 1.56 bits per heavy atom. The highest BCUT2D eigenvalue weighted by molar-refractivity contribution is 5.70. The molecule has 7 nitrogen and oxygen atoms in total. The van der Waals surface area contributed by atoms with Gasteiger partial charge in [0.05, 0.1) is 16.3 Å². The lowest BCUT2D eigenvalue weighted by molar-refractivity contribution is -0.384. The van der Waals surface area contributed by atoms with Crippen LogP contribution in [0.4, 0.5) is 5.69 Å². The Balaban J connectivity index is 1.60. The highest BCUT2D eigenvalue weighted by Gasteiger charge is 2.21. The Morgan fingerprint density at radius 1 is 0.875 bits per heavy atom. The highest BCUT2D eigenvalue weighted by Crippen LogP contribution is 2.29. The van der Waals surface area contributed by atoms with Crippen molar-refractivity contribution in [2.45, 2.75) is 6.54 Å². The largest absolute Gasteiger partial charge is 0.304 e. The maximum absolute atomic E-state index is 11.1. The molecular weight excluding hydrogens is 402 g/mol. The molecule has 0 aliphatic carbocycles. The first-order chi connectivity index (χ1) is 15.6. The zero-order valence-electron chi connectivity index (χ0n) is 18.0. The number of benzene rings is 2. The van der Waals surface area contributed by atoms with E-state index in [-0.39, 0.29) is 10.6 Å². The predicted molar refractivity (Wildman–Crippen MR) is 125 cm³/mol. The molecule has 3 heterocycles. The van der Waals surface area contributed by atoms with E-state index in [1.807, 2.05) is 24.3 Å². The number of nitro benzene ring substituents is 1. The van der Waals surface area contributed by atoms with Crippen molar-refractivity contribution >= 4 is 11.3 Å². The smallest absolute Gasteiger partial charge is 0.269 e. The highest BCUT2D eigenvalue weighted by atomic mass is 16.6. The molecule has 0 N–H and O–H groups in total. The Bertz CT molecular complexity index is 1240. The quantitative estimate of drug-likeness (QED) is 0.350. The molecule has 0 amide bonds. The van der Waals surface area contributed by atoms with Crippen molar-refractivity contribution in [3.8, 4) is 22.4 Å². The number of likely N-dealkylation sites (N-methyl/N-ethyl adjacent to an activating group) is 1. The van der Waals surface area contributed by atoms with Crippen molar-refractivity contribution in [2.75, 3.05) is 33.2 Å². The average molecular weight is 428 g/mol. The number of piperazine rings is 1. The molecule has 1 aliphatic heterocycles. The summed E-state index contributed by atoms with van der Waals surface area (Å²) in [5.41, 5.74) is 6.13. The summed E-state index contributed by atoms with van der Waals surface area (Å²) in [6.07, 6.45) is 2.15. The van der Waals surface area contributed by atoms with Gasteiger partial charge in [0.15, 0.2) is 0 Å². The fraction of sp³-hybridized carbons (Fsp3) is 0.240. The lowest BCUT2D eigenvalue weighted by Gasteiger charge is -2.32. The van der Waals surface area contributed by atoms with E-state index in [1.165, 1.54) is 0 Å².